The monoisotopic (exact) mass is 549 g/mol. The molecule has 0 fully saturated rings. The number of halogens is 1. The zero-order chi connectivity index (χ0) is 27.9. The largest absolute Gasteiger partial charge is 0.486 e. The van der Waals surface area contributed by atoms with E-state index < -0.39 is 18.0 Å². The molecule has 0 aliphatic carbocycles. The Kier molecular flexibility index (Phi) is 8.73. The minimum absolute atomic E-state index is 0.0956. The number of ether oxygens (including phenoxy) is 3. The number of amides is 1. The van der Waals surface area contributed by atoms with Gasteiger partial charge in [0.25, 0.3) is 0 Å². The Morgan fingerprint density at radius 2 is 1.77 bits per heavy atom. The van der Waals surface area contributed by atoms with E-state index in [2.05, 4.69) is 45.8 Å². The highest BCUT2D eigenvalue weighted by Gasteiger charge is 2.16. The predicted octanol–water partition coefficient (Wildman–Crippen LogP) is 5.62. The van der Waals surface area contributed by atoms with Crippen LogP contribution in [0.25, 0.3) is 5.69 Å². The maximum absolute atomic E-state index is 12.4. The summed E-state index contributed by atoms with van der Waals surface area (Å²) in [6, 6.07) is 20.0. The van der Waals surface area contributed by atoms with E-state index in [1.54, 1.807) is 37.3 Å². The summed E-state index contributed by atoms with van der Waals surface area (Å²) in [5, 5.41) is 4.22. The molecule has 1 N–H and O–H groups in total. The van der Waals surface area contributed by atoms with Gasteiger partial charge in [0, 0.05) is 17.1 Å². The number of hydrogen-bond acceptors (Lipinski definition) is 7. The van der Waals surface area contributed by atoms with Crippen LogP contribution in [0.1, 0.15) is 40.2 Å². The van der Waals surface area contributed by atoms with Crippen LogP contribution in [0.2, 0.25) is 5.02 Å². The topological polar surface area (TPSA) is 104 Å². The molecule has 1 amide bonds. The molecule has 1 atom stereocenters. The van der Waals surface area contributed by atoms with E-state index in [0.29, 0.717) is 22.8 Å². The molecule has 9 nitrogen and oxygen atoms in total. The van der Waals surface area contributed by atoms with Crippen LogP contribution in [0, 0.1) is 13.8 Å². The van der Waals surface area contributed by atoms with Gasteiger partial charge in [-0.1, -0.05) is 11.6 Å². The van der Waals surface area contributed by atoms with Gasteiger partial charge in [0.15, 0.2) is 11.9 Å². The first-order chi connectivity index (χ1) is 18.7. The molecule has 0 aliphatic heterocycles. The molecule has 0 bridgehead atoms. The van der Waals surface area contributed by atoms with Crippen LogP contribution in [0.15, 0.2) is 76.2 Å². The van der Waals surface area contributed by atoms with Gasteiger partial charge in [0.1, 0.15) is 23.9 Å². The maximum Gasteiger partial charge on any atom is 0.346 e. The highest BCUT2D eigenvalue weighted by molar-refractivity contribution is 6.32. The van der Waals surface area contributed by atoms with Crippen LogP contribution >= 0.6 is 11.6 Å². The molecule has 2 heterocycles. The fourth-order valence-electron chi connectivity index (χ4n) is 3.82. The number of furan rings is 1. The van der Waals surface area contributed by atoms with Crippen molar-refractivity contribution >= 4 is 29.7 Å². The van der Waals surface area contributed by atoms with Crippen LogP contribution < -0.4 is 14.9 Å². The van der Waals surface area contributed by atoms with E-state index in [0.717, 1.165) is 17.1 Å². The third-order valence-corrected chi connectivity index (χ3v) is 6.10. The molecule has 202 valence electrons. The van der Waals surface area contributed by atoms with E-state index >= 15 is 0 Å². The fourth-order valence-corrected chi connectivity index (χ4v) is 4.05. The van der Waals surface area contributed by atoms with Crippen molar-refractivity contribution in [1.29, 1.82) is 0 Å². The number of hydrogen-bond donors (Lipinski definition) is 1. The Balaban J connectivity index is 1.28. The number of esters is 1. The average Bonchev–Trinajstić information content (AvgIpc) is 3.54. The molecule has 0 spiro atoms. The number of nitrogens with one attached hydrogen (secondary N) is 1. The summed E-state index contributed by atoms with van der Waals surface area (Å²) in [6.45, 7) is 5.85. The molecule has 0 unspecified atom stereocenters. The molecule has 10 heteroatoms. The number of benzene rings is 2. The first-order valence-electron chi connectivity index (χ1n) is 12.1. The molecule has 4 rings (SSSR count). The molecule has 4 aromatic rings. The summed E-state index contributed by atoms with van der Waals surface area (Å²) < 4.78 is 23.7. The third-order valence-electron chi connectivity index (χ3n) is 5.81. The lowest BCUT2D eigenvalue weighted by molar-refractivity contribution is -0.147. The summed E-state index contributed by atoms with van der Waals surface area (Å²) in [4.78, 5) is 23.9. The lowest BCUT2D eigenvalue weighted by atomic mass is 10.2. The van der Waals surface area contributed by atoms with E-state index in [9.17, 15) is 9.59 Å². The predicted molar refractivity (Wildman–Crippen MR) is 147 cm³/mol. The van der Waals surface area contributed by atoms with Crippen LogP contribution in [-0.4, -0.2) is 35.9 Å². The second-order valence-corrected chi connectivity index (χ2v) is 9.08. The van der Waals surface area contributed by atoms with Gasteiger partial charge in [0.2, 0.25) is 0 Å². The number of aryl methyl sites for hydroxylation is 2. The second-order valence-electron chi connectivity index (χ2n) is 8.67. The van der Waals surface area contributed by atoms with Gasteiger partial charge in [-0.15, -0.1) is 0 Å². The molecular formula is C29H28ClN3O6. The zero-order valence-corrected chi connectivity index (χ0v) is 22.7. The normalized spacial score (nSPS) is 11.8. The summed E-state index contributed by atoms with van der Waals surface area (Å²) in [5.41, 5.74) is 6.39. The van der Waals surface area contributed by atoms with Crippen LogP contribution in [0.4, 0.5) is 0 Å². The van der Waals surface area contributed by atoms with E-state index in [1.165, 1.54) is 13.3 Å². The number of hydrazone groups is 1. The Morgan fingerprint density at radius 1 is 1.05 bits per heavy atom. The van der Waals surface area contributed by atoms with Gasteiger partial charge in [-0.05, 0) is 93.1 Å². The van der Waals surface area contributed by atoms with Crippen molar-refractivity contribution in [1.82, 2.24) is 9.99 Å². The zero-order valence-electron chi connectivity index (χ0n) is 21.9. The van der Waals surface area contributed by atoms with Crippen molar-refractivity contribution in [2.45, 2.75) is 33.5 Å². The smallest absolute Gasteiger partial charge is 0.346 e. The van der Waals surface area contributed by atoms with Gasteiger partial charge in [-0.25, -0.2) is 10.2 Å². The Labute approximate surface area is 230 Å². The quantitative estimate of drug-likeness (QED) is 0.156. The molecular weight excluding hydrogens is 522 g/mol. The minimum atomic E-state index is -0.806. The maximum atomic E-state index is 12.4. The van der Waals surface area contributed by atoms with E-state index in [1.807, 2.05) is 24.3 Å². The molecule has 0 aliphatic rings. The lowest BCUT2D eigenvalue weighted by Gasteiger charge is -2.13. The number of carbonyl (C=O) groups is 2. The highest BCUT2D eigenvalue weighted by Crippen LogP contribution is 2.26. The number of nitrogens with zero attached hydrogens (tertiary/aromatic N) is 2. The summed E-state index contributed by atoms with van der Waals surface area (Å²) in [6.07, 6.45) is 0.615. The van der Waals surface area contributed by atoms with Crippen molar-refractivity contribution in [2.75, 3.05) is 7.11 Å². The Hall–Kier alpha value is -4.50. The van der Waals surface area contributed by atoms with E-state index in [-0.39, 0.29) is 17.4 Å². The standard InChI is InChI=1S/C29H28ClN3O6/c1-18-5-6-19(2)33(18)22-8-10-23(11-9-22)37-17-24-12-14-27(39-24)28(34)32-31-16-21-7-13-26(25(30)15-21)38-20(3)29(35)36-4/h5-16,20H,17H2,1-4H3,(H,32,34)/b31-16+/t20-/m1/s1. The highest BCUT2D eigenvalue weighted by atomic mass is 35.5. The lowest BCUT2D eigenvalue weighted by Crippen LogP contribution is -2.25. The molecule has 2 aromatic heterocycles. The summed E-state index contributed by atoms with van der Waals surface area (Å²) >= 11 is 6.22. The van der Waals surface area contributed by atoms with Crippen molar-refractivity contribution in [3.63, 3.8) is 0 Å². The SMILES string of the molecule is COC(=O)[C@@H](C)Oc1ccc(/C=N/NC(=O)c2ccc(COc3ccc(-n4c(C)ccc4C)cc3)o2)cc1Cl. The third kappa shape index (κ3) is 6.88. The summed E-state index contributed by atoms with van der Waals surface area (Å²) in [7, 11) is 1.28. The van der Waals surface area contributed by atoms with Gasteiger partial charge < -0.3 is 23.2 Å². The number of aromatic nitrogens is 1. The second kappa shape index (κ2) is 12.4. The van der Waals surface area contributed by atoms with Gasteiger partial charge in [-0.3, -0.25) is 4.79 Å². The summed E-state index contributed by atoms with van der Waals surface area (Å²) in [5.74, 6) is 0.565. The molecule has 0 saturated carbocycles. The van der Waals surface area contributed by atoms with Crippen LogP contribution in [0.5, 0.6) is 11.5 Å². The number of methoxy groups -OCH3 is 1. The van der Waals surface area contributed by atoms with Crippen molar-refractivity contribution in [2.24, 2.45) is 5.10 Å². The van der Waals surface area contributed by atoms with Gasteiger partial charge in [-0.2, -0.15) is 5.10 Å². The van der Waals surface area contributed by atoms with Crippen molar-refractivity contribution in [3.8, 4) is 17.2 Å². The Bertz CT molecular complexity index is 1470. The van der Waals surface area contributed by atoms with E-state index in [4.69, 9.17) is 25.5 Å². The molecule has 39 heavy (non-hydrogen) atoms. The first kappa shape index (κ1) is 27.5. The van der Waals surface area contributed by atoms with Gasteiger partial charge in [0.05, 0.1) is 18.3 Å². The van der Waals surface area contributed by atoms with Crippen molar-refractivity contribution < 1.29 is 28.2 Å². The fraction of sp³-hybridized carbons (Fsp3) is 0.207. The minimum Gasteiger partial charge on any atom is -0.486 e. The van der Waals surface area contributed by atoms with Crippen molar-refractivity contribution in [3.05, 3.63) is 100 Å². The van der Waals surface area contributed by atoms with Crippen LogP contribution in [0.3, 0.4) is 0 Å². The van der Waals surface area contributed by atoms with Crippen LogP contribution in [-0.2, 0) is 16.1 Å². The Morgan fingerprint density at radius 3 is 2.44 bits per heavy atom. The number of carbonyl (C=O) groups excluding carboxylic acids is 2. The molecule has 0 saturated heterocycles. The average molecular weight is 550 g/mol. The molecule has 0 radical (unpaired) electrons. The number of rotatable bonds is 10. The first-order valence-corrected chi connectivity index (χ1v) is 12.5. The molecule has 2 aromatic carbocycles. The van der Waals surface area contributed by atoms with Gasteiger partial charge >= 0.3 is 11.9 Å².